The summed E-state index contributed by atoms with van der Waals surface area (Å²) in [5, 5.41) is 2.73. The fraction of sp³-hybridized carbons (Fsp3) is 0.182. The van der Waals surface area contributed by atoms with Crippen molar-refractivity contribution in [3.05, 3.63) is 28.7 Å². The van der Waals surface area contributed by atoms with Crippen LogP contribution < -0.4 is 5.32 Å². The van der Waals surface area contributed by atoms with E-state index in [1.165, 1.54) is 16.7 Å². The first kappa shape index (κ1) is 13.5. The van der Waals surface area contributed by atoms with Gasteiger partial charge in [0.2, 0.25) is 11.8 Å². The lowest BCUT2D eigenvalue weighted by Gasteiger charge is -2.14. The molecule has 1 saturated heterocycles. The predicted molar refractivity (Wildman–Crippen MR) is 79.5 cm³/mol. The first-order valence-electron chi connectivity index (χ1n) is 5.09. The van der Waals surface area contributed by atoms with Crippen LogP contribution in [0.5, 0.6) is 0 Å². The third-order valence-electron chi connectivity index (χ3n) is 2.29. The van der Waals surface area contributed by atoms with E-state index in [4.69, 9.17) is 12.2 Å². The minimum atomic E-state index is -0.264. The quantitative estimate of drug-likeness (QED) is 0.854. The number of carbonyl (C=O) groups excluding carboxylic acids is 2. The largest absolute Gasteiger partial charge is 0.324 e. The summed E-state index contributed by atoms with van der Waals surface area (Å²) < 4.78 is 1.25. The van der Waals surface area contributed by atoms with Gasteiger partial charge in [-0.05, 0) is 28.1 Å². The molecule has 1 aromatic rings. The summed E-state index contributed by atoms with van der Waals surface area (Å²) in [6, 6.07) is 7.29. The SMILES string of the molecule is O=C(CN1C(=O)CSC1=S)Nc1ccccc1Br. The Bertz CT molecular complexity index is 506. The number of hydrogen-bond donors (Lipinski definition) is 1. The number of rotatable bonds is 3. The topological polar surface area (TPSA) is 49.4 Å². The van der Waals surface area contributed by atoms with Crippen LogP contribution in [0.25, 0.3) is 0 Å². The van der Waals surface area contributed by atoms with Gasteiger partial charge in [-0.25, -0.2) is 0 Å². The molecule has 1 aromatic carbocycles. The highest BCUT2D eigenvalue weighted by Crippen LogP contribution is 2.22. The van der Waals surface area contributed by atoms with Crippen LogP contribution in [0.4, 0.5) is 5.69 Å². The molecule has 2 amide bonds. The van der Waals surface area contributed by atoms with Crippen LogP contribution in [0.2, 0.25) is 0 Å². The van der Waals surface area contributed by atoms with Gasteiger partial charge in [-0.15, -0.1) is 0 Å². The molecule has 0 saturated carbocycles. The third-order valence-corrected chi connectivity index (χ3v) is 4.41. The number of hydrogen-bond acceptors (Lipinski definition) is 4. The van der Waals surface area contributed by atoms with E-state index in [2.05, 4.69) is 21.2 Å². The molecular weight excluding hydrogens is 336 g/mol. The number of carbonyl (C=O) groups is 2. The molecule has 4 nitrogen and oxygen atoms in total. The summed E-state index contributed by atoms with van der Waals surface area (Å²) in [6.45, 7) is -0.0357. The van der Waals surface area contributed by atoms with Gasteiger partial charge in [0, 0.05) is 4.47 Å². The lowest BCUT2D eigenvalue weighted by atomic mass is 10.3. The van der Waals surface area contributed by atoms with Crippen molar-refractivity contribution in [2.75, 3.05) is 17.6 Å². The first-order valence-corrected chi connectivity index (χ1v) is 7.28. The van der Waals surface area contributed by atoms with Gasteiger partial charge in [0.1, 0.15) is 10.9 Å². The molecule has 1 aliphatic heterocycles. The predicted octanol–water partition coefficient (Wildman–Crippen LogP) is 2.25. The highest BCUT2D eigenvalue weighted by molar-refractivity contribution is 9.10. The summed E-state index contributed by atoms with van der Waals surface area (Å²) in [5.41, 5.74) is 0.674. The summed E-state index contributed by atoms with van der Waals surface area (Å²) >= 11 is 9.62. The van der Waals surface area contributed by atoms with Crippen molar-refractivity contribution < 1.29 is 9.59 Å². The van der Waals surface area contributed by atoms with Crippen LogP contribution in [0.15, 0.2) is 28.7 Å². The number of amides is 2. The Hall–Kier alpha value is -0.920. The number of benzene rings is 1. The van der Waals surface area contributed by atoms with Crippen LogP contribution in [-0.4, -0.2) is 33.3 Å². The molecule has 1 heterocycles. The van der Waals surface area contributed by atoms with Gasteiger partial charge in [-0.3, -0.25) is 14.5 Å². The molecule has 2 rings (SSSR count). The van der Waals surface area contributed by atoms with E-state index in [1.54, 1.807) is 6.07 Å². The van der Waals surface area contributed by atoms with E-state index < -0.39 is 0 Å². The maximum Gasteiger partial charge on any atom is 0.244 e. The molecule has 0 unspecified atom stereocenters. The highest BCUT2D eigenvalue weighted by Gasteiger charge is 2.28. The van der Waals surface area contributed by atoms with Crippen molar-refractivity contribution in [2.24, 2.45) is 0 Å². The number of nitrogens with one attached hydrogen (secondary N) is 1. The lowest BCUT2D eigenvalue weighted by Crippen LogP contribution is -2.36. The highest BCUT2D eigenvalue weighted by atomic mass is 79.9. The van der Waals surface area contributed by atoms with Crippen molar-refractivity contribution in [3.8, 4) is 0 Å². The Balaban J connectivity index is 1.99. The zero-order valence-electron chi connectivity index (χ0n) is 9.18. The van der Waals surface area contributed by atoms with Crippen molar-refractivity contribution >= 4 is 61.7 Å². The molecule has 1 fully saturated rings. The first-order chi connectivity index (χ1) is 8.58. The molecule has 1 N–H and O–H groups in total. The van der Waals surface area contributed by atoms with Crippen LogP contribution in [0, 0.1) is 0 Å². The number of nitrogens with zero attached hydrogens (tertiary/aromatic N) is 1. The molecule has 0 aliphatic carbocycles. The van der Waals surface area contributed by atoms with Crippen molar-refractivity contribution in [3.63, 3.8) is 0 Å². The van der Waals surface area contributed by atoms with Gasteiger partial charge in [0.15, 0.2) is 0 Å². The standard InChI is InChI=1S/C11H9BrN2O2S2/c12-7-3-1-2-4-8(7)13-9(15)5-14-10(16)6-18-11(14)17/h1-4H,5-6H2,(H,13,15). The van der Waals surface area contributed by atoms with Gasteiger partial charge < -0.3 is 5.32 Å². The van der Waals surface area contributed by atoms with Gasteiger partial charge >= 0.3 is 0 Å². The van der Waals surface area contributed by atoms with Crippen molar-refractivity contribution in [1.29, 1.82) is 0 Å². The zero-order valence-corrected chi connectivity index (χ0v) is 12.4. The third kappa shape index (κ3) is 3.09. The monoisotopic (exact) mass is 344 g/mol. The number of thiocarbonyl (C=S) groups is 1. The van der Waals surface area contributed by atoms with Crippen molar-refractivity contribution in [1.82, 2.24) is 4.90 Å². The van der Waals surface area contributed by atoms with Gasteiger partial charge in [-0.1, -0.05) is 36.1 Å². The average molecular weight is 345 g/mol. The number of halogens is 1. The van der Waals surface area contributed by atoms with E-state index in [-0.39, 0.29) is 18.4 Å². The smallest absolute Gasteiger partial charge is 0.244 e. The average Bonchev–Trinajstić information content (AvgIpc) is 2.64. The molecule has 0 bridgehead atoms. The minimum absolute atomic E-state index is 0.0357. The molecule has 7 heteroatoms. The second kappa shape index (κ2) is 5.81. The van der Waals surface area contributed by atoms with Crippen LogP contribution in [0.3, 0.4) is 0 Å². The van der Waals surface area contributed by atoms with Gasteiger partial charge in [0.05, 0.1) is 11.4 Å². The Kier molecular flexibility index (Phi) is 4.36. The number of para-hydroxylation sites is 1. The van der Waals surface area contributed by atoms with Crippen LogP contribution >= 0.6 is 39.9 Å². The summed E-state index contributed by atoms with van der Waals surface area (Å²) in [7, 11) is 0. The fourth-order valence-electron chi connectivity index (χ4n) is 1.43. The molecule has 0 atom stereocenters. The number of anilines is 1. The Morgan fingerprint density at radius 2 is 2.22 bits per heavy atom. The second-order valence-electron chi connectivity index (χ2n) is 3.56. The van der Waals surface area contributed by atoms with E-state index in [1.807, 2.05) is 18.2 Å². The van der Waals surface area contributed by atoms with E-state index >= 15 is 0 Å². The fourth-order valence-corrected chi connectivity index (χ4v) is 2.88. The summed E-state index contributed by atoms with van der Waals surface area (Å²) in [6.07, 6.45) is 0. The lowest BCUT2D eigenvalue weighted by molar-refractivity contribution is -0.127. The van der Waals surface area contributed by atoms with Crippen LogP contribution in [0.1, 0.15) is 0 Å². The normalized spacial score (nSPS) is 15.1. The molecule has 94 valence electrons. The number of thioether (sulfide) groups is 1. The molecule has 0 aromatic heterocycles. The van der Waals surface area contributed by atoms with Gasteiger partial charge in [-0.2, -0.15) is 0 Å². The molecule has 0 spiro atoms. The Morgan fingerprint density at radius 1 is 1.50 bits per heavy atom. The van der Waals surface area contributed by atoms with Crippen molar-refractivity contribution in [2.45, 2.75) is 0 Å². The second-order valence-corrected chi connectivity index (χ2v) is 6.03. The molecule has 0 radical (unpaired) electrons. The molecule has 1 aliphatic rings. The maximum atomic E-state index is 11.8. The molecular formula is C11H9BrN2O2S2. The summed E-state index contributed by atoms with van der Waals surface area (Å²) in [5.74, 6) is -0.0615. The Labute approximate surface area is 122 Å². The molecule has 18 heavy (non-hydrogen) atoms. The minimum Gasteiger partial charge on any atom is -0.324 e. The van der Waals surface area contributed by atoms with Crippen LogP contribution in [-0.2, 0) is 9.59 Å². The summed E-state index contributed by atoms with van der Waals surface area (Å²) in [4.78, 5) is 24.6. The van der Waals surface area contributed by atoms with E-state index in [0.717, 1.165) is 4.47 Å². The van der Waals surface area contributed by atoms with E-state index in [0.29, 0.717) is 15.8 Å². The Morgan fingerprint density at radius 3 is 2.83 bits per heavy atom. The van der Waals surface area contributed by atoms with Gasteiger partial charge in [0.25, 0.3) is 0 Å². The maximum absolute atomic E-state index is 11.8. The zero-order chi connectivity index (χ0) is 13.1. The van der Waals surface area contributed by atoms with E-state index in [9.17, 15) is 9.59 Å².